The van der Waals surface area contributed by atoms with Crippen molar-refractivity contribution in [3.8, 4) is 0 Å². The van der Waals surface area contributed by atoms with E-state index in [9.17, 15) is 8.42 Å². The second-order valence-electron chi connectivity index (χ2n) is 4.77. The van der Waals surface area contributed by atoms with Crippen LogP contribution in [0.15, 0.2) is 29.4 Å². The first-order valence-corrected chi connectivity index (χ1v) is 7.57. The Labute approximate surface area is 118 Å². The molecular formula is C13H18N4O2S. The van der Waals surface area contributed by atoms with E-state index in [2.05, 4.69) is 9.97 Å². The number of benzene rings is 1. The van der Waals surface area contributed by atoms with Crippen molar-refractivity contribution < 1.29 is 8.42 Å². The van der Waals surface area contributed by atoms with Crippen molar-refractivity contribution in [2.24, 2.45) is 0 Å². The Morgan fingerprint density at radius 1 is 1.30 bits per heavy atom. The van der Waals surface area contributed by atoms with Crippen LogP contribution in [-0.2, 0) is 16.6 Å². The number of anilines is 1. The summed E-state index contributed by atoms with van der Waals surface area (Å²) < 4.78 is 26.3. The molecule has 7 heteroatoms. The summed E-state index contributed by atoms with van der Waals surface area (Å²) in [5, 5.41) is 0. The number of H-pyrrole nitrogens is 1. The summed E-state index contributed by atoms with van der Waals surface area (Å²) in [5.74, 6) is 0.582. The third-order valence-corrected chi connectivity index (χ3v) is 5.10. The van der Waals surface area contributed by atoms with Crippen molar-refractivity contribution >= 4 is 15.7 Å². The molecule has 0 bridgehead atoms. The van der Waals surface area contributed by atoms with Crippen LogP contribution in [-0.4, -0.2) is 29.7 Å². The minimum Gasteiger partial charge on any atom is -0.398 e. The first-order valence-electron chi connectivity index (χ1n) is 6.13. The Morgan fingerprint density at radius 3 is 2.55 bits per heavy atom. The number of hydrogen-bond acceptors (Lipinski definition) is 4. The second-order valence-corrected chi connectivity index (χ2v) is 6.78. The molecule has 2 rings (SSSR count). The molecular weight excluding hydrogens is 276 g/mol. The van der Waals surface area contributed by atoms with Gasteiger partial charge in [0.1, 0.15) is 10.7 Å². The van der Waals surface area contributed by atoms with Crippen molar-refractivity contribution in [3.63, 3.8) is 0 Å². The number of sulfonamides is 1. The largest absolute Gasteiger partial charge is 0.398 e. The molecule has 3 N–H and O–H groups in total. The van der Waals surface area contributed by atoms with Gasteiger partial charge in [-0.1, -0.05) is 0 Å². The molecule has 6 nitrogen and oxygen atoms in total. The number of aromatic amines is 1. The molecule has 0 aliphatic heterocycles. The maximum absolute atomic E-state index is 12.5. The molecule has 108 valence electrons. The lowest BCUT2D eigenvalue weighted by Crippen LogP contribution is -2.27. The topological polar surface area (TPSA) is 92.1 Å². The SMILES string of the molecule is Cc1cc(N)c(S(=O)(=O)N(C)Cc2ncc[nH]2)cc1C. The van der Waals surface area contributed by atoms with Gasteiger partial charge in [-0.3, -0.25) is 0 Å². The monoisotopic (exact) mass is 294 g/mol. The molecule has 0 saturated carbocycles. The van der Waals surface area contributed by atoms with Crippen LogP contribution in [0.5, 0.6) is 0 Å². The van der Waals surface area contributed by atoms with Gasteiger partial charge < -0.3 is 10.7 Å². The Balaban J connectivity index is 2.37. The zero-order valence-corrected chi connectivity index (χ0v) is 12.5. The quantitative estimate of drug-likeness (QED) is 0.834. The highest BCUT2D eigenvalue weighted by molar-refractivity contribution is 7.89. The first kappa shape index (κ1) is 14.5. The summed E-state index contributed by atoms with van der Waals surface area (Å²) in [6.45, 7) is 3.93. The molecule has 20 heavy (non-hydrogen) atoms. The number of aromatic nitrogens is 2. The molecule has 0 radical (unpaired) electrons. The van der Waals surface area contributed by atoms with Gasteiger partial charge in [0.2, 0.25) is 10.0 Å². The highest BCUT2D eigenvalue weighted by Gasteiger charge is 2.24. The van der Waals surface area contributed by atoms with E-state index in [-0.39, 0.29) is 17.1 Å². The zero-order chi connectivity index (χ0) is 14.9. The smallest absolute Gasteiger partial charge is 0.245 e. The fourth-order valence-electron chi connectivity index (χ4n) is 1.88. The molecule has 0 atom stereocenters. The van der Waals surface area contributed by atoms with Gasteiger partial charge in [-0.25, -0.2) is 13.4 Å². The zero-order valence-electron chi connectivity index (χ0n) is 11.7. The Morgan fingerprint density at radius 2 is 1.95 bits per heavy atom. The van der Waals surface area contributed by atoms with Crippen LogP contribution in [0.1, 0.15) is 17.0 Å². The summed E-state index contributed by atoms with van der Waals surface area (Å²) in [5.41, 5.74) is 7.98. The second kappa shape index (κ2) is 5.26. The van der Waals surface area contributed by atoms with Gasteiger partial charge in [0.15, 0.2) is 0 Å². The number of nitrogens with two attached hydrogens (primary N) is 1. The van der Waals surface area contributed by atoms with Crippen molar-refractivity contribution in [1.82, 2.24) is 14.3 Å². The number of aryl methyl sites for hydroxylation is 2. The third-order valence-electron chi connectivity index (χ3n) is 3.24. The Bertz CT molecular complexity index is 708. The van der Waals surface area contributed by atoms with E-state index >= 15 is 0 Å². The summed E-state index contributed by atoms with van der Waals surface area (Å²) in [6.07, 6.45) is 3.24. The van der Waals surface area contributed by atoms with Gasteiger partial charge in [0, 0.05) is 19.4 Å². The van der Waals surface area contributed by atoms with Gasteiger partial charge in [0.25, 0.3) is 0 Å². The molecule has 0 amide bonds. The van der Waals surface area contributed by atoms with Gasteiger partial charge >= 0.3 is 0 Å². The minimum atomic E-state index is -3.64. The van der Waals surface area contributed by atoms with Crippen LogP contribution < -0.4 is 5.73 Å². The van der Waals surface area contributed by atoms with Crippen molar-refractivity contribution in [1.29, 1.82) is 0 Å². The third kappa shape index (κ3) is 2.68. The van der Waals surface area contributed by atoms with E-state index in [4.69, 9.17) is 5.73 Å². The van der Waals surface area contributed by atoms with Crippen molar-refractivity contribution in [3.05, 3.63) is 41.5 Å². The molecule has 1 aromatic carbocycles. The van der Waals surface area contributed by atoms with Gasteiger partial charge in [-0.15, -0.1) is 0 Å². The first-order chi connectivity index (χ1) is 9.32. The number of hydrogen-bond donors (Lipinski definition) is 2. The summed E-state index contributed by atoms with van der Waals surface area (Å²) in [6, 6.07) is 3.29. The van der Waals surface area contributed by atoms with E-state index < -0.39 is 10.0 Å². The predicted molar refractivity (Wildman–Crippen MR) is 77.6 cm³/mol. The van der Waals surface area contributed by atoms with E-state index in [0.717, 1.165) is 11.1 Å². The highest BCUT2D eigenvalue weighted by atomic mass is 32.2. The molecule has 0 unspecified atom stereocenters. The standard InChI is InChI=1S/C13H18N4O2S/c1-9-6-11(14)12(7-10(9)2)20(18,19)17(3)8-13-15-4-5-16-13/h4-7H,8,14H2,1-3H3,(H,15,16). The normalized spacial score (nSPS) is 12.0. The van der Waals surface area contributed by atoms with Crippen LogP contribution in [0.2, 0.25) is 0 Å². The minimum absolute atomic E-state index is 0.134. The van der Waals surface area contributed by atoms with Crippen LogP contribution in [0, 0.1) is 13.8 Å². The average Bonchev–Trinajstić information content (AvgIpc) is 2.86. The number of nitrogen functional groups attached to an aromatic ring is 1. The average molecular weight is 294 g/mol. The molecule has 1 heterocycles. The molecule has 0 aliphatic carbocycles. The predicted octanol–water partition coefficient (Wildman–Crippen LogP) is 1.43. The number of nitrogens with zero attached hydrogens (tertiary/aromatic N) is 2. The van der Waals surface area contributed by atoms with Gasteiger partial charge in [-0.05, 0) is 37.1 Å². The number of imidazole rings is 1. The molecule has 2 aromatic rings. The van der Waals surface area contributed by atoms with Crippen LogP contribution in [0.3, 0.4) is 0 Å². The molecule has 0 spiro atoms. The lowest BCUT2D eigenvalue weighted by Gasteiger charge is -2.18. The summed E-state index contributed by atoms with van der Waals surface area (Å²) in [7, 11) is -2.13. The molecule has 1 aromatic heterocycles. The highest BCUT2D eigenvalue weighted by Crippen LogP contribution is 2.25. The van der Waals surface area contributed by atoms with Crippen molar-refractivity contribution in [2.75, 3.05) is 12.8 Å². The number of nitrogens with one attached hydrogen (secondary N) is 1. The maximum Gasteiger partial charge on any atom is 0.245 e. The lowest BCUT2D eigenvalue weighted by molar-refractivity contribution is 0.458. The van der Waals surface area contributed by atoms with Crippen LogP contribution >= 0.6 is 0 Å². The fourth-order valence-corrected chi connectivity index (χ4v) is 3.19. The Hall–Kier alpha value is -1.86. The molecule has 0 saturated heterocycles. The van der Waals surface area contributed by atoms with E-state index in [0.29, 0.717) is 5.82 Å². The maximum atomic E-state index is 12.5. The summed E-state index contributed by atoms with van der Waals surface area (Å²) >= 11 is 0. The molecule has 0 fully saturated rings. The summed E-state index contributed by atoms with van der Waals surface area (Å²) in [4.78, 5) is 7.04. The number of rotatable bonds is 4. The van der Waals surface area contributed by atoms with Crippen LogP contribution in [0.25, 0.3) is 0 Å². The van der Waals surface area contributed by atoms with E-state index in [1.807, 2.05) is 13.8 Å². The van der Waals surface area contributed by atoms with Crippen LogP contribution in [0.4, 0.5) is 5.69 Å². The van der Waals surface area contributed by atoms with Gasteiger partial charge in [-0.2, -0.15) is 4.31 Å². The van der Waals surface area contributed by atoms with Gasteiger partial charge in [0.05, 0.1) is 12.2 Å². The van der Waals surface area contributed by atoms with E-state index in [1.165, 1.54) is 11.4 Å². The Kier molecular flexibility index (Phi) is 3.82. The lowest BCUT2D eigenvalue weighted by atomic mass is 10.1. The fraction of sp³-hybridized carbons (Fsp3) is 0.308. The van der Waals surface area contributed by atoms with E-state index in [1.54, 1.807) is 24.5 Å². The molecule has 0 aliphatic rings. The van der Waals surface area contributed by atoms with Crippen molar-refractivity contribution in [2.45, 2.75) is 25.3 Å².